The molecule has 1 N–H and O–H groups in total. The lowest BCUT2D eigenvalue weighted by Crippen LogP contribution is -2.37. The number of rotatable bonds is 5. The number of hydrogen-bond donors (Lipinski definition) is 1. The van der Waals surface area contributed by atoms with Crippen molar-refractivity contribution in [2.75, 3.05) is 7.05 Å². The summed E-state index contributed by atoms with van der Waals surface area (Å²) in [7, 11) is 2.13. The number of likely N-dealkylation sites (N-methyl/N-ethyl adjacent to an activating group) is 1. The SMILES string of the molecule is CCC1CCC(C(Cc2ccsc2)NC)CC1. The monoisotopic (exact) mass is 251 g/mol. The lowest BCUT2D eigenvalue weighted by atomic mass is 9.76. The average Bonchev–Trinajstić information content (AvgIpc) is 2.89. The molecule has 1 heterocycles. The van der Waals surface area contributed by atoms with Gasteiger partial charge >= 0.3 is 0 Å². The molecule has 96 valence electrons. The average molecular weight is 251 g/mol. The van der Waals surface area contributed by atoms with Crippen molar-refractivity contribution in [3.05, 3.63) is 22.4 Å². The van der Waals surface area contributed by atoms with Crippen LogP contribution in [-0.2, 0) is 6.42 Å². The summed E-state index contributed by atoms with van der Waals surface area (Å²) in [6, 6.07) is 2.95. The van der Waals surface area contributed by atoms with Crippen LogP contribution in [0.5, 0.6) is 0 Å². The number of hydrogen-bond acceptors (Lipinski definition) is 2. The lowest BCUT2D eigenvalue weighted by Gasteiger charge is -2.33. The van der Waals surface area contributed by atoms with Crippen LogP contribution in [0.25, 0.3) is 0 Å². The lowest BCUT2D eigenvalue weighted by molar-refractivity contribution is 0.222. The molecule has 2 heteroatoms. The molecule has 0 spiro atoms. The zero-order valence-corrected chi connectivity index (χ0v) is 11.9. The van der Waals surface area contributed by atoms with Crippen LogP contribution >= 0.6 is 11.3 Å². The Labute approximate surface area is 110 Å². The molecule has 1 saturated carbocycles. The van der Waals surface area contributed by atoms with Gasteiger partial charge in [0, 0.05) is 6.04 Å². The van der Waals surface area contributed by atoms with Crippen molar-refractivity contribution in [1.82, 2.24) is 5.32 Å². The minimum atomic E-state index is 0.683. The fourth-order valence-corrected chi connectivity index (χ4v) is 3.85. The maximum Gasteiger partial charge on any atom is 0.0133 e. The Bertz CT molecular complexity index is 299. The Morgan fingerprint density at radius 1 is 1.35 bits per heavy atom. The molecule has 1 aliphatic rings. The zero-order valence-electron chi connectivity index (χ0n) is 11.1. The Kier molecular flexibility index (Phi) is 5.05. The molecule has 1 fully saturated rings. The normalized spacial score (nSPS) is 26.9. The molecular formula is C15H25NS. The highest BCUT2D eigenvalue weighted by Gasteiger charge is 2.26. The van der Waals surface area contributed by atoms with Crippen LogP contribution in [0.4, 0.5) is 0 Å². The van der Waals surface area contributed by atoms with Crippen LogP contribution in [0.15, 0.2) is 16.8 Å². The van der Waals surface area contributed by atoms with Crippen LogP contribution in [0.1, 0.15) is 44.6 Å². The van der Waals surface area contributed by atoms with Gasteiger partial charge in [-0.05, 0) is 60.5 Å². The van der Waals surface area contributed by atoms with Crippen LogP contribution < -0.4 is 5.32 Å². The fraction of sp³-hybridized carbons (Fsp3) is 0.733. The third kappa shape index (κ3) is 3.56. The van der Waals surface area contributed by atoms with E-state index < -0.39 is 0 Å². The largest absolute Gasteiger partial charge is 0.316 e. The summed E-state index contributed by atoms with van der Waals surface area (Å²) in [6.45, 7) is 2.34. The van der Waals surface area contributed by atoms with Crippen molar-refractivity contribution in [3.8, 4) is 0 Å². The van der Waals surface area contributed by atoms with Gasteiger partial charge < -0.3 is 5.32 Å². The number of nitrogens with one attached hydrogen (secondary N) is 1. The first-order chi connectivity index (χ1) is 8.33. The van der Waals surface area contributed by atoms with Gasteiger partial charge in [0.2, 0.25) is 0 Å². The van der Waals surface area contributed by atoms with Crippen LogP contribution in [-0.4, -0.2) is 13.1 Å². The van der Waals surface area contributed by atoms with E-state index >= 15 is 0 Å². The fourth-order valence-electron chi connectivity index (χ4n) is 3.17. The molecular weight excluding hydrogens is 226 g/mol. The van der Waals surface area contributed by atoms with E-state index in [4.69, 9.17) is 0 Å². The van der Waals surface area contributed by atoms with Crippen molar-refractivity contribution in [1.29, 1.82) is 0 Å². The Morgan fingerprint density at radius 3 is 2.65 bits per heavy atom. The first-order valence-electron chi connectivity index (χ1n) is 7.01. The summed E-state index contributed by atoms with van der Waals surface area (Å²) in [4.78, 5) is 0. The first kappa shape index (κ1) is 13.1. The van der Waals surface area contributed by atoms with E-state index in [1.807, 2.05) is 11.3 Å². The standard InChI is InChI=1S/C15H25NS/c1-3-12-4-6-14(7-5-12)15(16-2)10-13-8-9-17-11-13/h8-9,11-12,14-16H,3-7,10H2,1-2H3. The molecule has 1 aliphatic carbocycles. The molecule has 17 heavy (non-hydrogen) atoms. The van der Waals surface area contributed by atoms with Crippen LogP contribution in [0, 0.1) is 11.8 Å². The van der Waals surface area contributed by atoms with Gasteiger partial charge in [-0.1, -0.05) is 26.2 Å². The van der Waals surface area contributed by atoms with Gasteiger partial charge in [-0.3, -0.25) is 0 Å². The summed E-state index contributed by atoms with van der Waals surface area (Å²) in [5.74, 6) is 1.90. The van der Waals surface area contributed by atoms with Gasteiger partial charge in [-0.2, -0.15) is 11.3 Å². The van der Waals surface area contributed by atoms with Gasteiger partial charge in [0.1, 0.15) is 0 Å². The van der Waals surface area contributed by atoms with E-state index in [1.165, 1.54) is 44.1 Å². The highest BCUT2D eigenvalue weighted by Crippen LogP contribution is 2.33. The summed E-state index contributed by atoms with van der Waals surface area (Å²) in [5, 5.41) is 8.03. The molecule has 1 nitrogen and oxygen atoms in total. The van der Waals surface area contributed by atoms with E-state index in [-0.39, 0.29) is 0 Å². The van der Waals surface area contributed by atoms with Crippen LogP contribution in [0.3, 0.4) is 0 Å². The molecule has 1 aromatic heterocycles. The van der Waals surface area contributed by atoms with Crippen molar-refractivity contribution >= 4 is 11.3 Å². The second-order valence-electron chi connectivity index (χ2n) is 5.42. The summed E-state index contributed by atoms with van der Waals surface area (Å²) < 4.78 is 0. The highest BCUT2D eigenvalue weighted by molar-refractivity contribution is 7.07. The quantitative estimate of drug-likeness (QED) is 0.831. The van der Waals surface area contributed by atoms with Crippen molar-refractivity contribution in [3.63, 3.8) is 0 Å². The number of thiophene rings is 1. The maximum absolute atomic E-state index is 3.55. The molecule has 0 amide bonds. The third-order valence-corrected chi connectivity index (χ3v) is 5.18. The summed E-state index contributed by atoms with van der Waals surface area (Å²) in [6.07, 6.45) is 8.33. The minimum Gasteiger partial charge on any atom is -0.316 e. The predicted molar refractivity (Wildman–Crippen MR) is 76.6 cm³/mol. The van der Waals surface area contributed by atoms with Gasteiger partial charge in [-0.15, -0.1) is 0 Å². The smallest absolute Gasteiger partial charge is 0.0133 e. The first-order valence-corrected chi connectivity index (χ1v) is 7.96. The molecule has 1 aromatic rings. The van der Waals surface area contributed by atoms with Gasteiger partial charge in [0.25, 0.3) is 0 Å². The Balaban J connectivity index is 1.86. The van der Waals surface area contributed by atoms with Gasteiger partial charge in [0.15, 0.2) is 0 Å². The van der Waals surface area contributed by atoms with Gasteiger partial charge in [-0.25, -0.2) is 0 Å². The van der Waals surface area contributed by atoms with E-state index in [9.17, 15) is 0 Å². The summed E-state index contributed by atoms with van der Waals surface area (Å²) >= 11 is 1.81. The maximum atomic E-state index is 3.55. The molecule has 0 bridgehead atoms. The predicted octanol–water partition coefficient (Wildman–Crippen LogP) is 4.10. The molecule has 1 atom stereocenters. The van der Waals surface area contributed by atoms with Gasteiger partial charge in [0.05, 0.1) is 0 Å². The van der Waals surface area contributed by atoms with E-state index in [0.29, 0.717) is 6.04 Å². The second-order valence-corrected chi connectivity index (χ2v) is 6.20. The molecule has 1 unspecified atom stereocenters. The highest BCUT2D eigenvalue weighted by atomic mass is 32.1. The van der Waals surface area contributed by atoms with Crippen LogP contribution in [0.2, 0.25) is 0 Å². The molecule has 2 rings (SSSR count). The minimum absolute atomic E-state index is 0.683. The third-order valence-electron chi connectivity index (χ3n) is 4.44. The second kappa shape index (κ2) is 6.55. The molecule has 0 aliphatic heterocycles. The van der Waals surface area contributed by atoms with Crippen molar-refractivity contribution in [2.24, 2.45) is 11.8 Å². The van der Waals surface area contributed by atoms with E-state index in [1.54, 1.807) is 0 Å². The van der Waals surface area contributed by atoms with Crippen molar-refractivity contribution in [2.45, 2.75) is 51.5 Å². The van der Waals surface area contributed by atoms with E-state index in [2.05, 4.69) is 36.1 Å². The topological polar surface area (TPSA) is 12.0 Å². The molecule has 0 radical (unpaired) electrons. The van der Waals surface area contributed by atoms with Crippen molar-refractivity contribution < 1.29 is 0 Å². The summed E-state index contributed by atoms with van der Waals surface area (Å²) in [5.41, 5.74) is 1.51. The zero-order chi connectivity index (χ0) is 12.1. The van der Waals surface area contributed by atoms with E-state index in [0.717, 1.165) is 11.8 Å². The molecule has 0 aromatic carbocycles. The molecule has 0 saturated heterocycles. The Hall–Kier alpha value is -0.340. The Morgan fingerprint density at radius 2 is 2.12 bits per heavy atom.